The maximum absolute atomic E-state index is 12.2. The molecule has 142 valence electrons. The van der Waals surface area contributed by atoms with E-state index in [4.69, 9.17) is 4.74 Å². The van der Waals surface area contributed by atoms with E-state index in [0.29, 0.717) is 29.9 Å². The number of hydrogen-bond acceptors (Lipinski definition) is 3. The Bertz CT molecular complexity index is 665. The van der Waals surface area contributed by atoms with Crippen LogP contribution in [0, 0.1) is 23.2 Å². The maximum Gasteiger partial charge on any atom is 0.338 e. The van der Waals surface area contributed by atoms with Crippen LogP contribution in [0.1, 0.15) is 68.8 Å². The standard InChI is InChI=1S/C23H32O3/c1-4-26-22(25)18-9-6-5-8-17(18)12-11-16(2)19-13-14-20-21(24)10-7-15-23(19,20)3/h5-6,8-9,11-12,16,19-21,24H,4,7,10,13-15H2,1-3H3/b12-11+/t16-,19-,20+,21+,23-/m1/s1. The Morgan fingerprint density at radius 1 is 1.35 bits per heavy atom. The number of fused-ring (bicyclic) bond motifs is 1. The minimum Gasteiger partial charge on any atom is -0.462 e. The van der Waals surface area contributed by atoms with Gasteiger partial charge < -0.3 is 9.84 Å². The van der Waals surface area contributed by atoms with Crippen LogP contribution in [0.2, 0.25) is 0 Å². The number of aliphatic hydroxyl groups excluding tert-OH is 1. The van der Waals surface area contributed by atoms with Crippen LogP contribution < -0.4 is 0 Å². The first-order valence-electron chi connectivity index (χ1n) is 10.1. The van der Waals surface area contributed by atoms with E-state index in [1.807, 2.05) is 31.2 Å². The molecule has 2 saturated carbocycles. The van der Waals surface area contributed by atoms with Gasteiger partial charge in [-0.15, -0.1) is 0 Å². The number of hydrogen-bond donors (Lipinski definition) is 1. The van der Waals surface area contributed by atoms with Gasteiger partial charge in [0.25, 0.3) is 0 Å². The molecule has 0 saturated heterocycles. The number of rotatable bonds is 5. The number of carbonyl (C=O) groups excluding carboxylic acids is 1. The molecule has 0 heterocycles. The van der Waals surface area contributed by atoms with Gasteiger partial charge in [0.15, 0.2) is 0 Å². The molecule has 0 aromatic heterocycles. The first-order valence-corrected chi connectivity index (χ1v) is 10.1. The quantitative estimate of drug-likeness (QED) is 0.748. The summed E-state index contributed by atoms with van der Waals surface area (Å²) in [7, 11) is 0. The average Bonchev–Trinajstić information content (AvgIpc) is 2.98. The average molecular weight is 357 g/mol. The zero-order chi connectivity index (χ0) is 18.7. The fraction of sp³-hybridized carbons (Fsp3) is 0.609. The van der Waals surface area contributed by atoms with Crippen molar-refractivity contribution in [3.63, 3.8) is 0 Å². The van der Waals surface area contributed by atoms with E-state index < -0.39 is 0 Å². The summed E-state index contributed by atoms with van der Waals surface area (Å²) in [6.07, 6.45) is 9.83. The second kappa shape index (κ2) is 7.96. The fourth-order valence-corrected chi connectivity index (χ4v) is 5.48. The van der Waals surface area contributed by atoms with E-state index in [-0.39, 0.29) is 17.5 Å². The molecule has 0 amide bonds. The first kappa shape index (κ1) is 19.2. The third-order valence-corrected chi connectivity index (χ3v) is 6.83. The van der Waals surface area contributed by atoms with Crippen molar-refractivity contribution in [3.05, 3.63) is 41.5 Å². The Labute approximate surface area is 157 Å². The van der Waals surface area contributed by atoms with Crippen LogP contribution in [-0.4, -0.2) is 23.8 Å². The van der Waals surface area contributed by atoms with Crippen LogP contribution in [0.25, 0.3) is 6.08 Å². The predicted octanol–water partition coefficient (Wildman–Crippen LogP) is 5.09. The molecule has 1 N–H and O–H groups in total. The van der Waals surface area contributed by atoms with Crippen LogP contribution in [0.4, 0.5) is 0 Å². The Hall–Kier alpha value is -1.61. The molecule has 0 radical (unpaired) electrons. The topological polar surface area (TPSA) is 46.5 Å². The van der Waals surface area contributed by atoms with Crippen LogP contribution in [-0.2, 0) is 4.74 Å². The van der Waals surface area contributed by atoms with Gasteiger partial charge in [0.1, 0.15) is 0 Å². The molecule has 0 unspecified atom stereocenters. The van der Waals surface area contributed by atoms with Gasteiger partial charge in [-0.25, -0.2) is 4.79 Å². The molecule has 3 rings (SSSR count). The minimum absolute atomic E-state index is 0.125. The van der Waals surface area contributed by atoms with Gasteiger partial charge in [-0.3, -0.25) is 0 Å². The predicted molar refractivity (Wildman–Crippen MR) is 105 cm³/mol. The summed E-state index contributed by atoms with van der Waals surface area (Å²) in [6, 6.07) is 7.63. The van der Waals surface area contributed by atoms with Gasteiger partial charge in [0, 0.05) is 0 Å². The number of esters is 1. The van der Waals surface area contributed by atoms with Crippen LogP contribution in [0.5, 0.6) is 0 Å². The molecule has 1 aromatic carbocycles. The molecule has 2 aliphatic carbocycles. The van der Waals surface area contributed by atoms with Crippen molar-refractivity contribution < 1.29 is 14.6 Å². The summed E-state index contributed by atoms with van der Waals surface area (Å²) in [4.78, 5) is 12.2. The summed E-state index contributed by atoms with van der Waals surface area (Å²) in [5.74, 6) is 1.20. The monoisotopic (exact) mass is 356 g/mol. The molecular formula is C23H32O3. The third-order valence-electron chi connectivity index (χ3n) is 6.83. The van der Waals surface area contributed by atoms with Crippen molar-refractivity contribution in [2.24, 2.45) is 23.2 Å². The number of benzene rings is 1. The second-order valence-electron chi connectivity index (χ2n) is 8.28. The van der Waals surface area contributed by atoms with E-state index in [2.05, 4.69) is 26.0 Å². The Morgan fingerprint density at radius 3 is 2.88 bits per heavy atom. The highest BCUT2D eigenvalue weighted by Gasteiger charge is 2.51. The summed E-state index contributed by atoms with van der Waals surface area (Å²) in [5, 5.41) is 10.4. The van der Waals surface area contributed by atoms with E-state index in [0.717, 1.165) is 24.8 Å². The Morgan fingerprint density at radius 2 is 2.12 bits per heavy atom. The first-order chi connectivity index (χ1) is 12.5. The maximum atomic E-state index is 12.2. The minimum atomic E-state index is -0.260. The highest BCUT2D eigenvalue weighted by Crippen LogP contribution is 2.57. The second-order valence-corrected chi connectivity index (χ2v) is 8.28. The molecule has 2 aliphatic rings. The Kier molecular flexibility index (Phi) is 5.86. The molecule has 5 atom stereocenters. The third kappa shape index (κ3) is 3.59. The van der Waals surface area contributed by atoms with Crippen LogP contribution in [0.15, 0.2) is 30.3 Å². The summed E-state index contributed by atoms with van der Waals surface area (Å²) in [6.45, 7) is 6.88. The number of aliphatic hydroxyl groups is 1. The van der Waals surface area contributed by atoms with Crippen molar-refractivity contribution in [2.75, 3.05) is 6.61 Å². The van der Waals surface area contributed by atoms with Gasteiger partial charge in [-0.05, 0) is 67.4 Å². The molecule has 0 spiro atoms. The lowest BCUT2D eigenvalue weighted by molar-refractivity contribution is -0.0230. The van der Waals surface area contributed by atoms with E-state index in [9.17, 15) is 9.90 Å². The van der Waals surface area contributed by atoms with Crippen LogP contribution in [0.3, 0.4) is 0 Å². The highest BCUT2D eigenvalue weighted by molar-refractivity contribution is 5.93. The molecule has 3 nitrogen and oxygen atoms in total. The molecule has 2 fully saturated rings. The van der Waals surface area contributed by atoms with Gasteiger partial charge in [0.05, 0.1) is 18.3 Å². The number of carbonyl (C=O) groups is 1. The Balaban J connectivity index is 1.76. The fourth-order valence-electron chi connectivity index (χ4n) is 5.48. The van der Waals surface area contributed by atoms with Gasteiger partial charge in [0.2, 0.25) is 0 Å². The number of ether oxygens (including phenoxy) is 1. The van der Waals surface area contributed by atoms with Crippen molar-refractivity contribution in [1.29, 1.82) is 0 Å². The lowest BCUT2D eigenvalue weighted by Crippen LogP contribution is -2.41. The largest absolute Gasteiger partial charge is 0.462 e. The molecule has 0 aliphatic heterocycles. The zero-order valence-electron chi connectivity index (χ0n) is 16.3. The lowest BCUT2D eigenvalue weighted by atomic mass is 9.62. The number of allylic oxidation sites excluding steroid dienone is 1. The van der Waals surface area contributed by atoms with E-state index in [1.54, 1.807) is 0 Å². The summed E-state index contributed by atoms with van der Waals surface area (Å²) >= 11 is 0. The zero-order valence-corrected chi connectivity index (χ0v) is 16.3. The van der Waals surface area contributed by atoms with Gasteiger partial charge >= 0.3 is 5.97 Å². The molecular weight excluding hydrogens is 324 g/mol. The van der Waals surface area contributed by atoms with Gasteiger partial charge in [-0.1, -0.05) is 50.6 Å². The van der Waals surface area contributed by atoms with Crippen molar-refractivity contribution >= 4 is 12.0 Å². The van der Waals surface area contributed by atoms with Crippen molar-refractivity contribution in [1.82, 2.24) is 0 Å². The van der Waals surface area contributed by atoms with Crippen LogP contribution >= 0.6 is 0 Å². The van der Waals surface area contributed by atoms with Crippen molar-refractivity contribution in [3.8, 4) is 0 Å². The van der Waals surface area contributed by atoms with E-state index in [1.165, 1.54) is 12.8 Å². The molecule has 1 aromatic rings. The summed E-state index contributed by atoms with van der Waals surface area (Å²) < 4.78 is 5.17. The molecule has 0 bridgehead atoms. The van der Waals surface area contributed by atoms with Crippen molar-refractivity contribution in [2.45, 2.75) is 59.0 Å². The van der Waals surface area contributed by atoms with Gasteiger partial charge in [-0.2, -0.15) is 0 Å². The lowest BCUT2D eigenvalue weighted by Gasteiger charge is -2.44. The highest BCUT2D eigenvalue weighted by atomic mass is 16.5. The smallest absolute Gasteiger partial charge is 0.338 e. The van der Waals surface area contributed by atoms with E-state index >= 15 is 0 Å². The normalized spacial score (nSPS) is 32.4. The summed E-state index contributed by atoms with van der Waals surface area (Å²) in [5.41, 5.74) is 1.78. The molecule has 26 heavy (non-hydrogen) atoms. The molecule has 3 heteroatoms. The SMILES string of the molecule is CCOC(=O)c1ccccc1/C=C/[C@@H](C)[C@H]1CC[C@H]2[C@@H](O)CCC[C@]12C.